The van der Waals surface area contributed by atoms with E-state index in [0.717, 1.165) is 16.1 Å². The van der Waals surface area contributed by atoms with E-state index in [-0.39, 0.29) is 0 Å². The summed E-state index contributed by atoms with van der Waals surface area (Å²) in [5, 5.41) is 15.1. The van der Waals surface area contributed by atoms with Crippen molar-refractivity contribution in [3.63, 3.8) is 0 Å². The fourth-order valence-electron chi connectivity index (χ4n) is 2.68. The van der Waals surface area contributed by atoms with Crippen LogP contribution in [0.25, 0.3) is 33.7 Å². The molecular weight excluding hydrogens is 374 g/mol. The molecule has 4 heterocycles. The van der Waals surface area contributed by atoms with Gasteiger partial charge in [-0.05, 0) is 17.7 Å². The summed E-state index contributed by atoms with van der Waals surface area (Å²) in [6, 6.07) is 13.9. The Kier molecular flexibility index (Phi) is 4.19. The highest BCUT2D eigenvalue weighted by atomic mass is 32.1. The fraction of sp³-hybridized carbons (Fsp3) is 0.0526. The summed E-state index contributed by atoms with van der Waals surface area (Å²) in [4.78, 5) is 13.0. The van der Waals surface area contributed by atoms with Gasteiger partial charge < -0.3 is 4.52 Å². The standard InChI is InChI=1S/C19H13N7OS/c1-2-4-13(5-3-1)10-26-11-15(23-25-26)17-22-18(27-24-17)16-12-28-19(21-16)14-6-8-20-9-7-14/h1-9,11-12H,10H2. The average molecular weight is 387 g/mol. The Bertz CT molecular complexity index is 1200. The van der Waals surface area contributed by atoms with Crippen molar-refractivity contribution in [1.29, 1.82) is 0 Å². The minimum atomic E-state index is 0.351. The molecular formula is C19H13N7OS. The minimum Gasteiger partial charge on any atom is -0.332 e. The Hall–Kier alpha value is -3.72. The molecule has 0 aliphatic heterocycles. The minimum absolute atomic E-state index is 0.351. The molecule has 0 unspecified atom stereocenters. The van der Waals surface area contributed by atoms with Crippen molar-refractivity contribution in [2.45, 2.75) is 6.54 Å². The quantitative estimate of drug-likeness (QED) is 0.455. The van der Waals surface area contributed by atoms with E-state index < -0.39 is 0 Å². The topological polar surface area (TPSA) is 95.4 Å². The molecule has 8 nitrogen and oxygen atoms in total. The molecule has 0 saturated carbocycles. The largest absolute Gasteiger partial charge is 0.332 e. The molecule has 0 radical (unpaired) electrons. The van der Waals surface area contributed by atoms with Crippen LogP contribution in [0.2, 0.25) is 0 Å². The van der Waals surface area contributed by atoms with Crippen LogP contribution < -0.4 is 0 Å². The normalized spacial score (nSPS) is 11.0. The lowest BCUT2D eigenvalue weighted by molar-refractivity contribution is 0.431. The Balaban J connectivity index is 1.36. The first-order chi connectivity index (χ1) is 13.8. The second-order valence-corrected chi connectivity index (χ2v) is 6.84. The van der Waals surface area contributed by atoms with E-state index in [0.29, 0.717) is 29.6 Å². The van der Waals surface area contributed by atoms with Crippen LogP contribution in [0.1, 0.15) is 5.56 Å². The summed E-state index contributed by atoms with van der Waals surface area (Å²) in [5.41, 5.74) is 3.32. The smallest absolute Gasteiger partial charge is 0.277 e. The molecule has 0 amide bonds. The molecule has 0 saturated heterocycles. The predicted octanol–water partition coefficient (Wildman–Crippen LogP) is 3.56. The van der Waals surface area contributed by atoms with Crippen molar-refractivity contribution in [2.24, 2.45) is 0 Å². The molecule has 0 spiro atoms. The van der Waals surface area contributed by atoms with Crippen LogP contribution >= 0.6 is 11.3 Å². The summed E-state index contributed by atoms with van der Waals surface area (Å²) in [5.74, 6) is 0.733. The molecule has 0 atom stereocenters. The summed E-state index contributed by atoms with van der Waals surface area (Å²) in [6.45, 7) is 0.625. The highest BCUT2D eigenvalue weighted by Gasteiger charge is 2.16. The van der Waals surface area contributed by atoms with Crippen molar-refractivity contribution in [3.8, 4) is 33.7 Å². The van der Waals surface area contributed by atoms with E-state index in [1.54, 1.807) is 23.3 Å². The van der Waals surface area contributed by atoms with Crippen molar-refractivity contribution in [1.82, 2.24) is 35.1 Å². The molecule has 0 aliphatic rings. The number of nitrogens with zero attached hydrogens (tertiary/aromatic N) is 7. The van der Waals surface area contributed by atoms with Crippen LogP contribution in [0.5, 0.6) is 0 Å². The highest BCUT2D eigenvalue weighted by Crippen LogP contribution is 2.28. The Morgan fingerprint density at radius 3 is 2.68 bits per heavy atom. The van der Waals surface area contributed by atoms with Gasteiger partial charge in [0.05, 0.1) is 12.7 Å². The number of pyridine rings is 1. The number of rotatable bonds is 5. The maximum absolute atomic E-state index is 5.38. The molecule has 0 fully saturated rings. The number of hydrogen-bond donors (Lipinski definition) is 0. The SMILES string of the molecule is c1ccc(Cn2cc(-c3noc(-c4csc(-c5ccncc5)n4)n3)nn2)cc1. The zero-order valence-electron chi connectivity index (χ0n) is 14.5. The fourth-order valence-corrected chi connectivity index (χ4v) is 3.48. The summed E-state index contributed by atoms with van der Waals surface area (Å²) >= 11 is 1.51. The van der Waals surface area contributed by atoms with Gasteiger partial charge in [0.25, 0.3) is 5.89 Å². The van der Waals surface area contributed by atoms with Crippen LogP contribution in [-0.4, -0.2) is 35.1 Å². The third-order valence-corrected chi connectivity index (χ3v) is 4.92. The molecule has 0 N–H and O–H groups in total. The lowest BCUT2D eigenvalue weighted by Gasteiger charge is -1.98. The van der Waals surface area contributed by atoms with Gasteiger partial charge in [-0.25, -0.2) is 9.67 Å². The number of thiazole rings is 1. The van der Waals surface area contributed by atoms with Gasteiger partial charge >= 0.3 is 0 Å². The van der Waals surface area contributed by atoms with Gasteiger partial charge in [0.2, 0.25) is 5.82 Å². The molecule has 4 aromatic heterocycles. The molecule has 1 aromatic carbocycles. The van der Waals surface area contributed by atoms with Crippen molar-refractivity contribution >= 4 is 11.3 Å². The Labute approximate surface area is 163 Å². The highest BCUT2D eigenvalue weighted by molar-refractivity contribution is 7.13. The molecule has 0 aliphatic carbocycles. The molecule has 5 aromatic rings. The van der Waals surface area contributed by atoms with Gasteiger partial charge in [0.15, 0.2) is 5.69 Å². The maximum Gasteiger partial charge on any atom is 0.277 e. The summed E-state index contributed by atoms with van der Waals surface area (Å²) in [7, 11) is 0. The molecule has 28 heavy (non-hydrogen) atoms. The van der Waals surface area contributed by atoms with Crippen LogP contribution in [-0.2, 0) is 6.54 Å². The van der Waals surface area contributed by atoms with Gasteiger partial charge in [-0.1, -0.05) is 40.7 Å². The number of hydrogen-bond acceptors (Lipinski definition) is 8. The Morgan fingerprint density at radius 2 is 1.82 bits per heavy atom. The average Bonchev–Trinajstić information content (AvgIpc) is 3.49. The third-order valence-electron chi connectivity index (χ3n) is 4.03. The van der Waals surface area contributed by atoms with Crippen molar-refractivity contribution in [3.05, 3.63) is 72.0 Å². The van der Waals surface area contributed by atoms with Gasteiger partial charge in [-0.15, -0.1) is 16.4 Å². The van der Waals surface area contributed by atoms with Gasteiger partial charge in [0.1, 0.15) is 10.7 Å². The van der Waals surface area contributed by atoms with E-state index in [1.165, 1.54) is 11.3 Å². The van der Waals surface area contributed by atoms with Crippen molar-refractivity contribution < 1.29 is 4.52 Å². The van der Waals surface area contributed by atoms with Crippen LogP contribution in [0.4, 0.5) is 0 Å². The number of aromatic nitrogens is 7. The molecule has 0 bridgehead atoms. The van der Waals surface area contributed by atoms with Gasteiger partial charge in [-0.2, -0.15) is 4.98 Å². The zero-order chi connectivity index (χ0) is 18.8. The van der Waals surface area contributed by atoms with Crippen LogP contribution in [0.3, 0.4) is 0 Å². The maximum atomic E-state index is 5.38. The monoisotopic (exact) mass is 387 g/mol. The van der Waals surface area contributed by atoms with Crippen LogP contribution in [0.15, 0.2) is 71.0 Å². The van der Waals surface area contributed by atoms with Gasteiger partial charge in [0, 0.05) is 23.3 Å². The third kappa shape index (κ3) is 3.30. The van der Waals surface area contributed by atoms with Crippen LogP contribution in [0, 0.1) is 0 Å². The molecule has 5 rings (SSSR count). The zero-order valence-corrected chi connectivity index (χ0v) is 15.3. The van der Waals surface area contributed by atoms with E-state index >= 15 is 0 Å². The Morgan fingerprint density at radius 1 is 0.964 bits per heavy atom. The summed E-state index contributed by atoms with van der Waals surface area (Å²) in [6.07, 6.45) is 5.27. The lowest BCUT2D eigenvalue weighted by Crippen LogP contribution is -1.99. The van der Waals surface area contributed by atoms with Gasteiger partial charge in [-0.3, -0.25) is 4.98 Å². The molecule has 136 valence electrons. The first-order valence-corrected chi connectivity index (χ1v) is 9.37. The number of benzene rings is 1. The summed E-state index contributed by atoms with van der Waals surface area (Å²) < 4.78 is 7.12. The molecule has 9 heteroatoms. The first-order valence-electron chi connectivity index (χ1n) is 8.49. The lowest BCUT2D eigenvalue weighted by atomic mass is 10.2. The predicted molar refractivity (Wildman–Crippen MR) is 103 cm³/mol. The van der Waals surface area contributed by atoms with E-state index in [9.17, 15) is 0 Å². The second kappa shape index (κ2) is 7.12. The van der Waals surface area contributed by atoms with Crippen molar-refractivity contribution in [2.75, 3.05) is 0 Å². The second-order valence-electron chi connectivity index (χ2n) is 5.98. The van der Waals surface area contributed by atoms with E-state index in [1.807, 2.05) is 47.8 Å². The van der Waals surface area contributed by atoms with E-state index in [2.05, 4.69) is 30.4 Å². The van der Waals surface area contributed by atoms with E-state index in [4.69, 9.17) is 4.52 Å². The first kappa shape index (κ1) is 16.5.